The van der Waals surface area contributed by atoms with Gasteiger partial charge >= 0.3 is 0 Å². The molecule has 21 heavy (non-hydrogen) atoms. The summed E-state index contributed by atoms with van der Waals surface area (Å²) in [6.45, 7) is 0. The van der Waals surface area contributed by atoms with E-state index in [-0.39, 0.29) is 5.91 Å². The molecule has 0 atom stereocenters. The molecule has 2 N–H and O–H groups in total. The van der Waals surface area contributed by atoms with Crippen LogP contribution in [0.3, 0.4) is 0 Å². The van der Waals surface area contributed by atoms with Crippen molar-refractivity contribution in [3.63, 3.8) is 0 Å². The molecule has 104 valence electrons. The lowest BCUT2D eigenvalue weighted by Crippen LogP contribution is -2.13. The lowest BCUT2D eigenvalue weighted by Gasteiger charge is -2.06. The number of benzene rings is 1. The summed E-state index contributed by atoms with van der Waals surface area (Å²) >= 11 is 3.24. The first-order chi connectivity index (χ1) is 10.2. The Bertz CT molecular complexity index is 774. The number of pyridine rings is 1. The van der Waals surface area contributed by atoms with E-state index in [1.54, 1.807) is 36.4 Å². The molecule has 0 bridgehead atoms. The van der Waals surface area contributed by atoms with Crippen molar-refractivity contribution in [1.82, 2.24) is 25.6 Å². The summed E-state index contributed by atoms with van der Waals surface area (Å²) in [6, 6.07) is 12.3. The second kappa shape index (κ2) is 5.80. The fourth-order valence-corrected chi connectivity index (χ4v) is 2.09. The Morgan fingerprint density at radius 2 is 2.05 bits per heavy atom. The molecule has 1 amide bonds. The summed E-state index contributed by atoms with van der Waals surface area (Å²) in [5, 5.41) is 16.5. The number of halogens is 1. The van der Waals surface area contributed by atoms with Gasteiger partial charge in [-0.25, -0.2) is 4.98 Å². The minimum Gasteiger partial charge on any atom is -0.321 e. The van der Waals surface area contributed by atoms with Gasteiger partial charge < -0.3 is 5.32 Å². The maximum Gasteiger partial charge on any atom is 0.274 e. The van der Waals surface area contributed by atoms with Gasteiger partial charge in [-0.05, 0) is 45.4 Å². The van der Waals surface area contributed by atoms with Crippen LogP contribution in [-0.4, -0.2) is 31.5 Å². The second-order valence-electron chi connectivity index (χ2n) is 4.12. The smallest absolute Gasteiger partial charge is 0.274 e. The normalized spacial score (nSPS) is 10.3. The molecule has 0 fully saturated rings. The van der Waals surface area contributed by atoms with Gasteiger partial charge in [0.2, 0.25) is 5.82 Å². The molecule has 2 aromatic heterocycles. The van der Waals surface area contributed by atoms with Crippen LogP contribution in [0, 0.1) is 0 Å². The fraction of sp³-hybridized carbons (Fsp3) is 0. The predicted molar refractivity (Wildman–Crippen MR) is 79.5 cm³/mol. The van der Waals surface area contributed by atoms with Crippen molar-refractivity contribution in [2.24, 2.45) is 0 Å². The summed E-state index contributed by atoms with van der Waals surface area (Å²) in [7, 11) is 0. The first-order valence-corrected chi connectivity index (χ1v) is 6.79. The molecule has 2 heterocycles. The first kappa shape index (κ1) is 13.4. The number of H-pyrrole nitrogens is 1. The van der Waals surface area contributed by atoms with Crippen molar-refractivity contribution < 1.29 is 4.79 Å². The molecule has 1 aromatic carbocycles. The van der Waals surface area contributed by atoms with E-state index in [2.05, 4.69) is 46.9 Å². The number of aromatic nitrogens is 5. The quantitative estimate of drug-likeness (QED) is 0.710. The molecular formula is C13H9BrN6O. The number of rotatable bonds is 3. The Morgan fingerprint density at radius 1 is 1.19 bits per heavy atom. The molecule has 8 heteroatoms. The Balaban J connectivity index is 1.82. The second-order valence-corrected chi connectivity index (χ2v) is 4.93. The molecule has 0 aliphatic carbocycles. The zero-order valence-corrected chi connectivity index (χ0v) is 12.2. The van der Waals surface area contributed by atoms with Crippen LogP contribution in [-0.2, 0) is 0 Å². The van der Waals surface area contributed by atoms with Gasteiger partial charge in [0.15, 0.2) is 0 Å². The number of anilines is 1. The number of hydrogen-bond donors (Lipinski definition) is 2. The minimum atomic E-state index is -0.290. The highest BCUT2D eigenvalue weighted by atomic mass is 79.9. The third-order valence-electron chi connectivity index (χ3n) is 2.67. The third-order valence-corrected chi connectivity index (χ3v) is 3.11. The number of nitrogens with zero attached hydrogens (tertiary/aromatic N) is 4. The standard InChI is InChI=1S/C13H9BrN6O/c14-11-6-2-5-10(16-11)13(21)15-9-4-1-3-8(7-9)12-17-19-20-18-12/h1-7H,(H,15,21)(H,17,18,19,20). The van der Waals surface area contributed by atoms with E-state index >= 15 is 0 Å². The van der Waals surface area contributed by atoms with Gasteiger partial charge in [0.1, 0.15) is 10.3 Å². The molecule has 0 aliphatic heterocycles. The van der Waals surface area contributed by atoms with Crippen molar-refractivity contribution in [1.29, 1.82) is 0 Å². The van der Waals surface area contributed by atoms with Crippen molar-refractivity contribution in [2.75, 3.05) is 5.32 Å². The van der Waals surface area contributed by atoms with Gasteiger partial charge in [-0.3, -0.25) is 4.79 Å². The van der Waals surface area contributed by atoms with Crippen LogP contribution in [0.25, 0.3) is 11.4 Å². The van der Waals surface area contributed by atoms with E-state index in [9.17, 15) is 4.79 Å². The zero-order valence-electron chi connectivity index (χ0n) is 10.6. The van der Waals surface area contributed by atoms with E-state index in [0.29, 0.717) is 21.8 Å². The molecule has 0 saturated carbocycles. The van der Waals surface area contributed by atoms with Gasteiger partial charge in [0.25, 0.3) is 5.91 Å². The van der Waals surface area contributed by atoms with Gasteiger partial charge in [0, 0.05) is 11.3 Å². The van der Waals surface area contributed by atoms with Gasteiger partial charge in [-0.2, -0.15) is 5.21 Å². The third kappa shape index (κ3) is 3.11. The average molecular weight is 345 g/mol. The van der Waals surface area contributed by atoms with Crippen molar-refractivity contribution in [3.8, 4) is 11.4 Å². The van der Waals surface area contributed by atoms with Crippen LogP contribution in [0.15, 0.2) is 47.1 Å². The van der Waals surface area contributed by atoms with E-state index < -0.39 is 0 Å². The van der Waals surface area contributed by atoms with Gasteiger partial charge in [-0.1, -0.05) is 18.2 Å². The lowest BCUT2D eigenvalue weighted by molar-refractivity contribution is 0.102. The fourth-order valence-electron chi connectivity index (χ4n) is 1.75. The van der Waals surface area contributed by atoms with E-state index in [1.165, 1.54) is 0 Å². The number of amides is 1. The summed E-state index contributed by atoms with van der Waals surface area (Å²) in [4.78, 5) is 16.2. The van der Waals surface area contributed by atoms with Crippen LogP contribution in [0.5, 0.6) is 0 Å². The monoisotopic (exact) mass is 344 g/mol. The molecule has 3 aromatic rings. The van der Waals surface area contributed by atoms with Crippen molar-refractivity contribution in [2.45, 2.75) is 0 Å². The molecular weight excluding hydrogens is 336 g/mol. The first-order valence-electron chi connectivity index (χ1n) is 6.00. The topological polar surface area (TPSA) is 96.5 Å². The minimum absolute atomic E-state index is 0.290. The van der Waals surface area contributed by atoms with Crippen LogP contribution in [0.1, 0.15) is 10.5 Å². The number of hydrogen-bond acceptors (Lipinski definition) is 5. The maximum atomic E-state index is 12.1. The molecule has 3 rings (SSSR count). The number of nitrogens with one attached hydrogen (secondary N) is 2. The van der Waals surface area contributed by atoms with Crippen LogP contribution in [0.2, 0.25) is 0 Å². The largest absolute Gasteiger partial charge is 0.321 e. The van der Waals surface area contributed by atoms with Crippen LogP contribution >= 0.6 is 15.9 Å². The average Bonchev–Trinajstić information content (AvgIpc) is 3.02. The van der Waals surface area contributed by atoms with E-state index in [4.69, 9.17) is 0 Å². The van der Waals surface area contributed by atoms with Crippen LogP contribution in [0.4, 0.5) is 5.69 Å². The number of tetrazole rings is 1. The molecule has 0 unspecified atom stereocenters. The number of carbonyl (C=O) groups is 1. The number of carbonyl (C=O) groups excluding carboxylic acids is 1. The van der Waals surface area contributed by atoms with E-state index in [0.717, 1.165) is 5.56 Å². The predicted octanol–water partition coefficient (Wildman–Crippen LogP) is 2.28. The highest BCUT2D eigenvalue weighted by Crippen LogP contribution is 2.19. The highest BCUT2D eigenvalue weighted by Gasteiger charge is 2.09. The van der Waals surface area contributed by atoms with Gasteiger partial charge in [-0.15, -0.1) is 10.2 Å². The molecule has 0 saturated heterocycles. The Hall–Kier alpha value is -2.61. The lowest BCUT2D eigenvalue weighted by atomic mass is 10.2. The molecule has 0 aliphatic rings. The molecule has 0 radical (unpaired) electrons. The summed E-state index contributed by atoms with van der Waals surface area (Å²) in [5.41, 5.74) is 1.71. The van der Waals surface area contributed by atoms with Gasteiger partial charge in [0.05, 0.1) is 0 Å². The Morgan fingerprint density at radius 3 is 2.81 bits per heavy atom. The zero-order chi connectivity index (χ0) is 14.7. The SMILES string of the molecule is O=C(Nc1cccc(-c2nn[nH]n2)c1)c1cccc(Br)n1. The summed E-state index contributed by atoms with van der Waals surface area (Å²) < 4.78 is 0.607. The van der Waals surface area contributed by atoms with E-state index in [1.807, 2.05) is 6.07 Å². The Labute approximate surface area is 127 Å². The highest BCUT2D eigenvalue weighted by molar-refractivity contribution is 9.10. The summed E-state index contributed by atoms with van der Waals surface area (Å²) in [6.07, 6.45) is 0. The molecule has 0 spiro atoms. The molecule has 7 nitrogen and oxygen atoms in total. The summed E-state index contributed by atoms with van der Waals surface area (Å²) in [5.74, 6) is 0.174. The van der Waals surface area contributed by atoms with Crippen LogP contribution < -0.4 is 5.32 Å². The van der Waals surface area contributed by atoms with Crippen molar-refractivity contribution >= 4 is 27.5 Å². The Kier molecular flexibility index (Phi) is 3.69. The number of aromatic amines is 1. The maximum absolute atomic E-state index is 12.1. The van der Waals surface area contributed by atoms with Crippen molar-refractivity contribution in [3.05, 3.63) is 52.8 Å².